The summed E-state index contributed by atoms with van der Waals surface area (Å²) in [5.41, 5.74) is 2.04. The molecule has 8 heteroatoms. The van der Waals surface area contributed by atoms with Gasteiger partial charge in [0.05, 0.1) is 19.2 Å². The number of hydrogen-bond donors (Lipinski definition) is 1. The van der Waals surface area contributed by atoms with Crippen LogP contribution in [0.4, 0.5) is 0 Å². The minimum absolute atomic E-state index is 0.00383. The van der Waals surface area contributed by atoms with Crippen molar-refractivity contribution in [2.24, 2.45) is 0 Å². The molecular formula is C30H33N3O5. The zero-order valence-corrected chi connectivity index (χ0v) is 21.8. The van der Waals surface area contributed by atoms with Crippen LogP contribution in [0.2, 0.25) is 0 Å². The summed E-state index contributed by atoms with van der Waals surface area (Å²) in [5.74, 6) is -0.316. The van der Waals surface area contributed by atoms with Gasteiger partial charge in [-0.05, 0) is 54.3 Å². The Kier molecular flexibility index (Phi) is 7.49. The van der Waals surface area contributed by atoms with E-state index in [9.17, 15) is 14.7 Å². The van der Waals surface area contributed by atoms with E-state index >= 15 is 0 Å². The summed E-state index contributed by atoms with van der Waals surface area (Å²) in [4.78, 5) is 31.1. The smallest absolute Gasteiger partial charge is 0.295 e. The molecule has 2 aliphatic rings. The van der Waals surface area contributed by atoms with Crippen molar-refractivity contribution in [2.45, 2.75) is 58.2 Å². The number of imidazole rings is 1. The van der Waals surface area contributed by atoms with Crippen molar-refractivity contribution in [3.8, 4) is 11.5 Å². The fraction of sp³-hybridized carbons (Fsp3) is 0.367. The molecule has 1 N–H and O–H groups in total. The first kappa shape index (κ1) is 25.6. The van der Waals surface area contributed by atoms with Gasteiger partial charge < -0.3 is 19.5 Å². The highest BCUT2D eigenvalue weighted by molar-refractivity contribution is 6.46. The molecule has 2 unspecified atom stereocenters. The molecule has 2 aliphatic heterocycles. The fourth-order valence-corrected chi connectivity index (χ4v) is 5.13. The van der Waals surface area contributed by atoms with Crippen molar-refractivity contribution < 1.29 is 28.7 Å². The maximum absolute atomic E-state index is 13.8. The summed E-state index contributed by atoms with van der Waals surface area (Å²) >= 11 is 0. The van der Waals surface area contributed by atoms with E-state index in [4.69, 9.17) is 9.47 Å². The van der Waals surface area contributed by atoms with Crippen LogP contribution in [0.25, 0.3) is 5.76 Å². The number of benzene rings is 2. The molecule has 1 fully saturated rings. The van der Waals surface area contributed by atoms with Crippen molar-refractivity contribution >= 4 is 17.4 Å². The van der Waals surface area contributed by atoms with Crippen LogP contribution in [0.5, 0.6) is 11.5 Å². The third kappa shape index (κ3) is 5.16. The first-order valence-corrected chi connectivity index (χ1v) is 13.3. The molecule has 1 aromatic heterocycles. The molecule has 0 radical (unpaired) electrons. The number of ether oxygens (including phenoxy) is 2. The number of nitrogens with one attached hydrogen (secondary N) is 1. The predicted octanol–water partition coefficient (Wildman–Crippen LogP) is 3.12. The Balaban J connectivity index is 1.48. The largest absolute Gasteiger partial charge is 0.872 e. The molecule has 38 heavy (non-hydrogen) atoms. The Hall–Kier alpha value is -4.07. The molecule has 8 nitrogen and oxygen atoms in total. The minimum Gasteiger partial charge on any atom is -0.872 e. The lowest BCUT2D eigenvalue weighted by atomic mass is 9.94. The number of likely N-dealkylation sites (tertiary alicyclic amines) is 1. The van der Waals surface area contributed by atoms with Gasteiger partial charge in [-0.15, -0.1) is 0 Å². The second-order valence-corrected chi connectivity index (χ2v) is 9.90. The van der Waals surface area contributed by atoms with Crippen LogP contribution in [0.3, 0.4) is 0 Å². The van der Waals surface area contributed by atoms with E-state index < -0.39 is 23.5 Å². The number of carbonyl (C=O) groups is 2. The SMILES string of the molecule is CCCCOc1ccc(C2C(=C([O-])c3ccc4c(c3)CC(C)O4)C(=O)C(=O)N2CCC[n+]2cc[nH]c2)cc1. The zero-order valence-electron chi connectivity index (χ0n) is 21.8. The summed E-state index contributed by atoms with van der Waals surface area (Å²) in [6.07, 6.45) is 8.93. The molecule has 198 valence electrons. The van der Waals surface area contributed by atoms with Crippen LogP contribution in [-0.2, 0) is 22.6 Å². The number of Topliss-reactive ketones (excluding diaryl/α,β-unsaturated/α-hetero) is 1. The van der Waals surface area contributed by atoms with Gasteiger partial charge in [-0.1, -0.05) is 37.3 Å². The Labute approximate surface area is 222 Å². The summed E-state index contributed by atoms with van der Waals surface area (Å²) in [7, 11) is 0. The Bertz CT molecular complexity index is 1330. The number of aromatic amines is 1. The van der Waals surface area contributed by atoms with Gasteiger partial charge in [0.2, 0.25) is 12.1 Å². The topological polar surface area (TPSA) is 98.6 Å². The van der Waals surface area contributed by atoms with Crippen LogP contribution in [0, 0.1) is 0 Å². The minimum atomic E-state index is -0.758. The van der Waals surface area contributed by atoms with E-state index in [1.165, 1.54) is 4.90 Å². The molecule has 0 bridgehead atoms. The maximum Gasteiger partial charge on any atom is 0.295 e. The Morgan fingerprint density at radius 3 is 2.74 bits per heavy atom. The number of carbonyl (C=O) groups excluding carboxylic acids is 2. The van der Waals surface area contributed by atoms with Gasteiger partial charge in [-0.25, -0.2) is 4.57 Å². The van der Waals surface area contributed by atoms with Crippen LogP contribution >= 0.6 is 0 Å². The standard InChI is InChI=1S/C30H33N3O5/c1-3-4-16-37-24-9-6-21(7-10-24)27-26(28(34)22-8-11-25-23(18-22)17-20(2)38-25)29(35)30(36)33(27)14-5-13-32-15-12-31-19-32/h6-12,15,18-20,27H,3-5,13-14,16-17H2,1-2H3,(H,34,35). The van der Waals surface area contributed by atoms with Crippen LogP contribution in [-0.4, -0.2) is 40.8 Å². The average Bonchev–Trinajstić information content (AvgIpc) is 3.63. The molecule has 3 aromatic rings. The third-order valence-corrected chi connectivity index (χ3v) is 7.07. The zero-order chi connectivity index (χ0) is 26.6. The van der Waals surface area contributed by atoms with Gasteiger partial charge in [0, 0.05) is 25.0 Å². The van der Waals surface area contributed by atoms with Crippen LogP contribution < -0.4 is 19.1 Å². The lowest BCUT2D eigenvalue weighted by Gasteiger charge is -2.27. The summed E-state index contributed by atoms with van der Waals surface area (Å²) in [6, 6.07) is 11.8. The first-order valence-electron chi connectivity index (χ1n) is 13.3. The molecule has 2 atom stereocenters. The van der Waals surface area contributed by atoms with Gasteiger partial charge in [0.25, 0.3) is 5.91 Å². The van der Waals surface area contributed by atoms with Crippen molar-refractivity contribution in [3.05, 3.63) is 83.4 Å². The van der Waals surface area contributed by atoms with E-state index in [1.807, 2.05) is 54.5 Å². The first-order chi connectivity index (χ1) is 18.5. The van der Waals surface area contributed by atoms with Gasteiger partial charge in [0.15, 0.2) is 0 Å². The Morgan fingerprint density at radius 1 is 1.18 bits per heavy atom. The molecule has 0 spiro atoms. The number of nitrogens with zero attached hydrogens (tertiary/aromatic N) is 2. The molecule has 3 heterocycles. The Morgan fingerprint density at radius 2 is 2.00 bits per heavy atom. The highest BCUT2D eigenvalue weighted by atomic mass is 16.5. The number of H-pyrrole nitrogens is 1. The summed E-state index contributed by atoms with van der Waals surface area (Å²) < 4.78 is 13.5. The van der Waals surface area contributed by atoms with Crippen molar-refractivity contribution in [1.82, 2.24) is 9.88 Å². The molecular weight excluding hydrogens is 482 g/mol. The number of ketones is 1. The number of unbranched alkanes of at least 4 members (excludes halogenated alkanes) is 1. The van der Waals surface area contributed by atoms with E-state index in [-0.39, 0.29) is 11.7 Å². The number of aryl methyl sites for hydroxylation is 1. The van der Waals surface area contributed by atoms with Crippen LogP contribution in [0.15, 0.2) is 66.8 Å². The van der Waals surface area contributed by atoms with Crippen molar-refractivity contribution in [1.29, 1.82) is 0 Å². The molecule has 1 saturated heterocycles. The quantitative estimate of drug-likeness (QED) is 0.147. The van der Waals surface area contributed by atoms with E-state index in [0.29, 0.717) is 49.4 Å². The van der Waals surface area contributed by atoms with Gasteiger partial charge in [0.1, 0.15) is 30.0 Å². The third-order valence-electron chi connectivity index (χ3n) is 7.07. The second kappa shape index (κ2) is 11.1. The number of amides is 1. The molecule has 0 saturated carbocycles. The maximum atomic E-state index is 13.8. The molecule has 1 amide bonds. The lowest BCUT2D eigenvalue weighted by Crippen LogP contribution is -2.36. The van der Waals surface area contributed by atoms with E-state index in [0.717, 1.165) is 24.2 Å². The van der Waals surface area contributed by atoms with Gasteiger partial charge in [-0.2, -0.15) is 0 Å². The molecule has 5 rings (SSSR count). The normalized spacial score (nSPS) is 20.0. The number of hydrogen-bond acceptors (Lipinski definition) is 5. The summed E-state index contributed by atoms with van der Waals surface area (Å²) in [6.45, 7) is 5.71. The van der Waals surface area contributed by atoms with Crippen molar-refractivity contribution in [2.75, 3.05) is 13.2 Å². The number of aromatic nitrogens is 2. The van der Waals surface area contributed by atoms with E-state index in [1.54, 1.807) is 18.2 Å². The summed E-state index contributed by atoms with van der Waals surface area (Å²) in [5, 5.41) is 13.8. The highest BCUT2D eigenvalue weighted by Gasteiger charge is 2.44. The number of fused-ring (bicyclic) bond motifs is 1. The molecule has 0 aliphatic carbocycles. The fourth-order valence-electron chi connectivity index (χ4n) is 5.13. The van der Waals surface area contributed by atoms with Crippen molar-refractivity contribution in [3.63, 3.8) is 0 Å². The predicted molar refractivity (Wildman–Crippen MR) is 139 cm³/mol. The van der Waals surface area contributed by atoms with Gasteiger partial charge >= 0.3 is 0 Å². The number of rotatable bonds is 10. The average molecular weight is 516 g/mol. The lowest BCUT2D eigenvalue weighted by molar-refractivity contribution is -0.695. The highest BCUT2D eigenvalue weighted by Crippen LogP contribution is 2.40. The van der Waals surface area contributed by atoms with Gasteiger partial charge in [-0.3, -0.25) is 14.6 Å². The monoisotopic (exact) mass is 515 g/mol. The molecule has 2 aromatic carbocycles. The second-order valence-electron chi connectivity index (χ2n) is 9.90. The van der Waals surface area contributed by atoms with Crippen LogP contribution in [0.1, 0.15) is 55.8 Å². The van der Waals surface area contributed by atoms with E-state index in [2.05, 4.69) is 11.9 Å².